The molecule has 4 aromatic rings. The van der Waals surface area contributed by atoms with Crippen LogP contribution in [0.15, 0.2) is 89.1 Å². The minimum atomic E-state index is -0.141. The third-order valence-corrected chi connectivity index (χ3v) is 7.93. The van der Waals surface area contributed by atoms with Gasteiger partial charge >= 0.3 is 0 Å². The normalized spacial score (nSPS) is 11.1. The van der Waals surface area contributed by atoms with Crippen LogP contribution in [0, 0.1) is 6.92 Å². The summed E-state index contributed by atoms with van der Waals surface area (Å²) in [6, 6.07) is 22.5. The van der Waals surface area contributed by atoms with E-state index in [4.69, 9.17) is 11.6 Å². The molecule has 6 heteroatoms. The molecule has 0 saturated heterocycles. The van der Waals surface area contributed by atoms with Gasteiger partial charge in [0, 0.05) is 47.4 Å². The maximum Gasteiger partial charge on any atom is 0.277 e. The minimum Gasteiger partial charge on any atom is -0.323 e. The van der Waals surface area contributed by atoms with Gasteiger partial charge in [0.2, 0.25) is 0 Å². The van der Waals surface area contributed by atoms with E-state index in [0.29, 0.717) is 18.5 Å². The first kappa shape index (κ1) is 28.1. The van der Waals surface area contributed by atoms with Gasteiger partial charge in [0.15, 0.2) is 5.16 Å². The SMILES string of the molecule is Cc1ccc(Cc2cn(Cc3ccccc3)c(SCCCCCCCCc3ccc(Cl)cc3)nc2=O)cn1. The number of nitrogens with zero attached hydrogens (tertiary/aromatic N) is 3. The molecule has 0 fully saturated rings. The highest BCUT2D eigenvalue weighted by atomic mass is 35.5. The lowest BCUT2D eigenvalue weighted by molar-refractivity contribution is 0.608. The Bertz CT molecular complexity index is 1320. The number of thioether (sulfide) groups is 1. The van der Waals surface area contributed by atoms with Gasteiger partial charge in [-0.3, -0.25) is 9.78 Å². The van der Waals surface area contributed by atoms with E-state index in [-0.39, 0.29) is 5.56 Å². The Kier molecular flexibility index (Phi) is 11.0. The van der Waals surface area contributed by atoms with E-state index in [1.54, 1.807) is 11.8 Å². The summed E-state index contributed by atoms with van der Waals surface area (Å²) in [7, 11) is 0. The summed E-state index contributed by atoms with van der Waals surface area (Å²) in [6.45, 7) is 2.66. The van der Waals surface area contributed by atoms with Crippen molar-refractivity contribution in [2.45, 2.75) is 70.0 Å². The highest BCUT2D eigenvalue weighted by Crippen LogP contribution is 2.20. The van der Waals surface area contributed by atoms with Crippen molar-refractivity contribution < 1.29 is 0 Å². The third-order valence-electron chi connectivity index (χ3n) is 6.60. The van der Waals surface area contributed by atoms with Crippen LogP contribution in [-0.4, -0.2) is 20.3 Å². The van der Waals surface area contributed by atoms with Gasteiger partial charge in [-0.15, -0.1) is 0 Å². The topological polar surface area (TPSA) is 47.8 Å². The molecule has 0 aliphatic rings. The second-order valence-electron chi connectivity index (χ2n) is 9.80. The van der Waals surface area contributed by atoms with Crippen LogP contribution in [0.25, 0.3) is 0 Å². The first-order valence-electron chi connectivity index (χ1n) is 13.5. The maximum atomic E-state index is 12.9. The molecule has 0 saturated carbocycles. The summed E-state index contributed by atoms with van der Waals surface area (Å²) < 4.78 is 2.13. The van der Waals surface area contributed by atoms with Crippen LogP contribution in [0.1, 0.15) is 66.5 Å². The van der Waals surface area contributed by atoms with Crippen molar-refractivity contribution >= 4 is 23.4 Å². The van der Waals surface area contributed by atoms with E-state index in [1.807, 2.05) is 61.8 Å². The number of unbranched alkanes of at least 4 members (excludes halogenated alkanes) is 5. The fourth-order valence-corrected chi connectivity index (χ4v) is 5.51. The molecule has 0 unspecified atom stereocenters. The average Bonchev–Trinajstić information content (AvgIpc) is 2.93. The molecule has 0 aliphatic heterocycles. The monoisotopic (exact) mass is 545 g/mol. The van der Waals surface area contributed by atoms with Crippen molar-refractivity contribution in [2.75, 3.05) is 5.75 Å². The number of aryl methyl sites for hydroxylation is 2. The van der Waals surface area contributed by atoms with E-state index >= 15 is 0 Å². The third kappa shape index (κ3) is 9.14. The zero-order valence-corrected chi connectivity index (χ0v) is 23.7. The molecular formula is C32H36ClN3OS. The fourth-order valence-electron chi connectivity index (χ4n) is 4.43. The van der Waals surface area contributed by atoms with Crippen molar-refractivity contribution in [1.29, 1.82) is 0 Å². The Labute approximate surface area is 235 Å². The van der Waals surface area contributed by atoms with Gasteiger partial charge in [0.05, 0.1) is 0 Å². The smallest absolute Gasteiger partial charge is 0.277 e. The molecule has 0 aliphatic carbocycles. The number of halogens is 1. The molecule has 0 bridgehead atoms. The van der Waals surface area contributed by atoms with E-state index < -0.39 is 0 Å². The molecule has 0 atom stereocenters. The predicted molar refractivity (Wildman–Crippen MR) is 159 cm³/mol. The molecule has 2 aromatic carbocycles. The lowest BCUT2D eigenvalue weighted by Crippen LogP contribution is -2.20. The largest absolute Gasteiger partial charge is 0.323 e. The average molecular weight is 546 g/mol. The van der Waals surface area contributed by atoms with Crippen LogP contribution in [0.3, 0.4) is 0 Å². The number of rotatable bonds is 14. The van der Waals surface area contributed by atoms with Gasteiger partial charge in [0.1, 0.15) is 0 Å². The van der Waals surface area contributed by atoms with E-state index in [2.05, 4.69) is 38.8 Å². The molecule has 0 N–H and O–H groups in total. The van der Waals surface area contributed by atoms with E-state index in [1.165, 1.54) is 43.2 Å². The van der Waals surface area contributed by atoms with Crippen LogP contribution < -0.4 is 5.56 Å². The molecular weight excluding hydrogens is 510 g/mol. The van der Waals surface area contributed by atoms with Gasteiger partial charge < -0.3 is 4.57 Å². The predicted octanol–water partition coefficient (Wildman–Crippen LogP) is 7.91. The quantitative estimate of drug-likeness (QED) is 0.0917. The minimum absolute atomic E-state index is 0.141. The Morgan fingerprint density at radius 2 is 1.53 bits per heavy atom. The Balaban J connectivity index is 1.27. The highest BCUT2D eigenvalue weighted by Gasteiger charge is 2.11. The molecule has 0 spiro atoms. The second kappa shape index (κ2) is 14.9. The van der Waals surface area contributed by atoms with Crippen LogP contribution in [0.2, 0.25) is 5.02 Å². The first-order chi connectivity index (χ1) is 18.6. The Morgan fingerprint density at radius 1 is 0.816 bits per heavy atom. The number of hydrogen-bond donors (Lipinski definition) is 0. The van der Waals surface area contributed by atoms with Crippen molar-refractivity contribution in [3.8, 4) is 0 Å². The molecule has 4 nitrogen and oxygen atoms in total. The summed E-state index contributed by atoms with van der Waals surface area (Å²) in [4.78, 5) is 21.8. The lowest BCUT2D eigenvalue weighted by atomic mass is 10.1. The second-order valence-corrected chi connectivity index (χ2v) is 11.3. The lowest BCUT2D eigenvalue weighted by Gasteiger charge is -2.14. The molecule has 38 heavy (non-hydrogen) atoms. The number of aromatic nitrogens is 3. The van der Waals surface area contributed by atoms with Crippen molar-refractivity contribution in [2.24, 2.45) is 0 Å². The summed E-state index contributed by atoms with van der Waals surface area (Å²) in [5.41, 5.74) is 5.11. The highest BCUT2D eigenvalue weighted by molar-refractivity contribution is 7.99. The van der Waals surface area contributed by atoms with Gasteiger partial charge in [-0.25, -0.2) is 0 Å². The zero-order chi connectivity index (χ0) is 26.6. The van der Waals surface area contributed by atoms with Crippen LogP contribution in [0.5, 0.6) is 0 Å². The van der Waals surface area contributed by atoms with Crippen molar-refractivity contribution in [1.82, 2.24) is 14.5 Å². The van der Waals surface area contributed by atoms with E-state index in [9.17, 15) is 4.79 Å². The molecule has 2 heterocycles. The Morgan fingerprint density at radius 3 is 2.26 bits per heavy atom. The van der Waals surface area contributed by atoms with Gasteiger partial charge in [-0.05, 0) is 61.1 Å². The van der Waals surface area contributed by atoms with Gasteiger partial charge in [-0.2, -0.15) is 4.98 Å². The summed E-state index contributed by atoms with van der Waals surface area (Å²) in [6.07, 6.45) is 12.8. The summed E-state index contributed by atoms with van der Waals surface area (Å²) in [5, 5.41) is 1.60. The molecule has 4 rings (SSSR count). The number of benzene rings is 2. The number of hydrogen-bond acceptors (Lipinski definition) is 4. The van der Waals surface area contributed by atoms with Gasteiger partial charge in [0.25, 0.3) is 5.56 Å². The van der Waals surface area contributed by atoms with Crippen LogP contribution in [-0.2, 0) is 19.4 Å². The molecule has 198 valence electrons. The molecule has 0 amide bonds. The summed E-state index contributed by atoms with van der Waals surface area (Å²) >= 11 is 7.66. The zero-order valence-electron chi connectivity index (χ0n) is 22.1. The molecule has 0 radical (unpaired) electrons. The fraction of sp³-hybridized carbons (Fsp3) is 0.344. The van der Waals surface area contributed by atoms with E-state index in [0.717, 1.165) is 40.0 Å². The first-order valence-corrected chi connectivity index (χ1v) is 14.9. The van der Waals surface area contributed by atoms with Crippen molar-refractivity contribution in [3.63, 3.8) is 0 Å². The number of pyridine rings is 1. The van der Waals surface area contributed by atoms with Gasteiger partial charge in [-0.1, -0.05) is 97.6 Å². The summed E-state index contributed by atoms with van der Waals surface area (Å²) in [5.74, 6) is 0.966. The van der Waals surface area contributed by atoms with Crippen LogP contribution >= 0.6 is 23.4 Å². The van der Waals surface area contributed by atoms with Crippen LogP contribution in [0.4, 0.5) is 0 Å². The molecule has 2 aromatic heterocycles. The standard InChI is InChI=1S/C32H36ClN3OS/c1-25-14-15-28(22-34-25)21-29-24-36(23-27-12-8-6-9-13-27)32(35-31(29)37)38-20-10-5-3-2-4-7-11-26-16-18-30(33)19-17-26/h6,8-9,12-19,22,24H,2-5,7,10-11,20-21,23H2,1H3. The maximum absolute atomic E-state index is 12.9. The van der Waals surface area contributed by atoms with Crippen molar-refractivity contribution in [3.05, 3.63) is 122 Å². The Hall–Kier alpha value is -2.89.